The second kappa shape index (κ2) is 6.45. The van der Waals surface area contributed by atoms with Gasteiger partial charge in [0.25, 0.3) is 0 Å². The highest BCUT2D eigenvalue weighted by Crippen LogP contribution is 2.19. The van der Waals surface area contributed by atoms with Crippen molar-refractivity contribution in [2.45, 2.75) is 6.42 Å². The van der Waals surface area contributed by atoms with Gasteiger partial charge in [0.15, 0.2) is 0 Å². The lowest BCUT2D eigenvalue weighted by atomic mass is 10.2. The topological polar surface area (TPSA) is 62.5 Å². The highest BCUT2D eigenvalue weighted by atomic mass is 16.3. The molecule has 2 rings (SSSR count). The molecular formula is C14H21N4O+. The van der Waals surface area contributed by atoms with E-state index in [4.69, 9.17) is 5.11 Å². The summed E-state index contributed by atoms with van der Waals surface area (Å²) in [6, 6.07) is 7.94. The van der Waals surface area contributed by atoms with Gasteiger partial charge in [-0.25, -0.2) is 9.97 Å². The second-order valence-electron chi connectivity index (χ2n) is 4.86. The SMILES string of the molecule is C[NH+](C)CCc1nc(NCCO)c2ccccc2n1. The zero-order valence-electron chi connectivity index (χ0n) is 11.5. The molecule has 0 bridgehead atoms. The molecule has 0 atom stereocenters. The van der Waals surface area contributed by atoms with Gasteiger partial charge in [-0.3, -0.25) is 0 Å². The van der Waals surface area contributed by atoms with Crippen LogP contribution in [0.1, 0.15) is 5.82 Å². The van der Waals surface area contributed by atoms with Gasteiger partial charge >= 0.3 is 0 Å². The molecule has 102 valence electrons. The maximum atomic E-state index is 8.94. The van der Waals surface area contributed by atoms with Crippen LogP contribution in [0.2, 0.25) is 0 Å². The zero-order chi connectivity index (χ0) is 13.7. The third-order valence-electron chi connectivity index (χ3n) is 2.90. The number of quaternary nitrogens is 1. The molecule has 1 aromatic heterocycles. The first-order valence-electron chi connectivity index (χ1n) is 6.60. The van der Waals surface area contributed by atoms with E-state index in [2.05, 4.69) is 29.4 Å². The van der Waals surface area contributed by atoms with Crippen LogP contribution in [-0.4, -0.2) is 48.9 Å². The first-order chi connectivity index (χ1) is 9.20. The number of para-hydroxylation sites is 1. The zero-order valence-corrected chi connectivity index (χ0v) is 11.5. The van der Waals surface area contributed by atoms with Crippen molar-refractivity contribution in [2.24, 2.45) is 0 Å². The number of fused-ring (bicyclic) bond motifs is 1. The van der Waals surface area contributed by atoms with Crippen molar-refractivity contribution in [3.05, 3.63) is 30.1 Å². The van der Waals surface area contributed by atoms with Crippen LogP contribution in [0.5, 0.6) is 0 Å². The summed E-state index contributed by atoms with van der Waals surface area (Å²) in [6.45, 7) is 1.59. The van der Waals surface area contributed by atoms with E-state index < -0.39 is 0 Å². The lowest BCUT2D eigenvalue weighted by Gasteiger charge is -2.11. The summed E-state index contributed by atoms with van der Waals surface area (Å²) >= 11 is 0. The second-order valence-corrected chi connectivity index (χ2v) is 4.86. The lowest BCUT2D eigenvalue weighted by molar-refractivity contribution is -0.858. The number of benzene rings is 1. The Balaban J connectivity index is 2.32. The Morgan fingerprint density at radius 2 is 2.00 bits per heavy atom. The third-order valence-corrected chi connectivity index (χ3v) is 2.90. The van der Waals surface area contributed by atoms with Gasteiger partial charge in [0.05, 0.1) is 39.2 Å². The quantitative estimate of drug-likeness (QED) is 0.669. The summed E-state index contributed by atoms with van der Waals surface area (Å²) in [4.78, 5) is 10.5. The minimum Gasteiger partial charge on any atom is -0.395 e. The largest absolute Gasteiger partial charge is 0.395 e. The van der Waals surface area contributed by atoms with Crippen LogP contribution in [0.4, 0.5) is 5.82 Å². The van der Waals surface area contributed by atoms with Gasteiger partial charge in [-0.1, -0.05) is 12.1 Å². The van der Waals surface area contributed by atoms with E-state index in [1.807, 2.05) is 24.3 Å². The highest BCUT2D eigenvalue weighted by molar-refractivity contribution is 5.88. The van der Waals surface area contributed by atoms with Crippen LogP contribution in [-0.2, 0) is 6.42 Å². The summed E-state index contributed by atoms with van der Waals surface area (Å²) in [6.07, 6.45) is 0.848. The molecule has 3 N–H and O–H groups in total. The van der Waals surface area contributed by atoms with E-state index in [9.17, 15) is 0 Å². The molecule has 0 amide bonds. The maximum absolute atomic E-state index is 8.94. The van der Waals surface area contributed by atoms with Crippen molar-refractivity contribution in [1.82, 2.24) is 9.97 Å². The van der Waals surface area contributed by atoms with Crippen molar-refractivity contribution in [2.75, 3.05) is 39.1 Å². The molecule has 0 aliphatic rings. The van der Waals surface area contributed by atoms with Gasteiger partial charge in [0, 0.05) is 11.9 Å². The molecule has 0 aliphatic carbocycles. The van der Waals surface area contributed by atoms with Gasteiger partial charge < -0.3 is 15.3 Å². The number of likely N-dealkylation sites (N-methyl/N-ethyl adjacent to an activating group) is 1. The molecule has 19 heavy (non-hydrogen) atoms. The number of hydrogen-bond acceptors (Lipinski definition) is 4. The lowest BCUT2D eigenvalue weighted by Crippen LogP contribution is -3.06. The molecule has 0 saturated carbocycles. The van der Waals surface area contributed by atoms with Gasteiger partial charge in [-0.15, -0.1) is 0 Å². The van der Waals surface area contributed by atoms with E-state index in [0.717, 1.165) is 35.5 Å². The number of hydrogen-bond donors (Lipinski definition) is 3. The third kappa shape index (κ3) is 3.62. The van der Waals surface area contributed by atoms with Crippen LogP contribution in [0.25, 0.3) is 10.9 Å². The van der Waals surface area contributed by atoms with Crippen LogP contribution in [0, 0.1) is 0 Å². The van der Waals surface area contributed by atoms with E-state index >= 15 is 0 Å². The predicted octanol–water partition coefficient (Wildman–Crippen LogP) is -0.279. The van der Waals surface area contributed by atoms with E-state index in [1.165, 1.54) is 4.90 Å². The molecule has 0 aliphatic heterocycles. The Morgan fingerprint density at radius 1 is 1.21 bits per heavy atom. The molecule has 0 saturated heterocycles. The van der Waals surface area contributed by atoms with Gasteiger partial charge in [0.2, 0.25) is 0 Å². The predicted molar refractivity (Wildman–Crippen MR) is 76.5 cm³/mol. The van der Waals surface area contributed by atoms with Gasteiger partial charge in [-0.05, 0) is 12.1 Å². The fraction of sp³-hybridized carbons (Fsp3) is 0.429. The number of aliphatic hydroxyl groups is 1. The molecule has 5 heteroatoms. The molecule has 0 spiro atoms. The van der Waals surface area contributed by atoms with Gasteiger partial charge in [-0.2, -0.15) is 0 Å². The van der Waals surface area contributed by atoms with Crippen molar-refractivity contribution in [3.8, 4) is 0 Å². The van der Waals surface area contributed by atoms with E-state index in [-0.39, 0.29) is 6.61 Å². The Kier molecular flexibility index (Phi) is 4.65. The van der Waals surface area contributed by atoms with Crippen molar-refractivity contribution in [1.29, 1.82) is 0 Å². The number of aromatic nitrogens is 2. The smallest absolute Gasteiger partial charge is 0.137 e. The number of rotatable bonds is 6. The van der Waals surface area contributed by atoms with Crippen LogP contribution in [0.3, 0.4) is 0 Å². The first-order valence-corrected chi connectivity index (χ1v) is 6.60. The van der Waals surface area contributed by atoms with Crippen LogP contribution < -0.4 is 10.2 Å². The Bertz CT molecular complexity index is 542. The molecule has 0 unspecified atom stereocenters. The Morgan fingerprint density at radius 3 is 2.74 bits per heavy atom. The average Bonchev–Trinajstić information content (AvgIpc) is 2.42. The summed E-state index contributed by atoms with van der Waals surface area (Å²) in [7, 11) is 4.23. The van der Waals surface area contributed by atoms with E-state index in [0.29, 0.717) is 6.54 Å². The van der Waals surface area contributed by atoms with Crippen molar-refractivity contribution < 1.29 is 10.0 Å². The summed E-state index contributed by atoms with van der Waals surface area (Å²) < 4.78 is 0. The molecule has 1 heterocycles. The minimum atomic E-state index is 0.0928. The molecule has 5 nitrogen and oxygen atoms in total. The molecule has 2 aromatic rings. The first kappa shape index (κ1) is 13.7. The standard InChI is InChI=1S/C14H20N4O/c1-18(2)9-7-13-16-12-6-4-3-5-11(12)14(17-13)15-8-10-19/h3-6,19H,7-10H2,1-2H3,(H,15,16,17)/p+1. The van der Waals surface area contributed by atoms with Crippen LogP contribution in [0.15, 0.2) is 24.3 Å². The maximum Gasteiger partial charge on any atom is 0.137 e. The van der Waals surface area contributed by atoms with Crippen molar-refractivity contribution in [3.63, 3.8) is 0 Å². The Labute approximate surface area is 113 Å². The number of nitrogens with one attached hydrogen (secondary N) is 2. The summed E-state index contributed by atoms with van der Waals surface area (Å²) in [5, 5.41) is 13.1. The molecule has 0 fully saturated rings. The highest BCUT2D eigenvalue weighted by Gasteiger charge is 2.08. The Hall–Kier alpha value is -1.72. The monoisotopic (exact) mass is 261 g/mol. The number of anilines is 1. The van der Waals surface area contributed by atoms with Crippen LogP contribution >= 0.6 is 0 Å². The summed E-state index contributed by atoms with van der Waals surface area (Å²) in [5.41, 5.74) is 0.946. The normalized spacial score (nSPS) is 11.2. The van der Waals surface area contributed by atoms with Gasteiger partial charge in [0.1, 0.15) is 11.6 Å². The van der Waals surface area contributed by atoms with E-state index in [1.54, 1.807) is 0 Å². The van der Waals surface area contributed by atoms with Crippen molar-refractivity contribution >= 4 is 16.7 Å². The fourth-order valence-electron chi connectivity index (χ4n) is 1.91. The summed E-state index contributed by atoms with van der Waals surface area (Å²) in [5.74, 6) is 1.66. The minimum absolute atomic E-state index is 0.0928. The number of aliphatic hydroxyl groups excluding tert-OH is 1. The molecular weight excluding hydrogens is 240 g/mol. The molecule has 0 radical (unpaired) electrons. The average molecular weight is 261 g/mol. The molecule has 1 aromatic carbocycles. The fourth-order valence-corrected chi connectivity index (χ4v) is 1.91. The number of nitrogens with zero attached hydrogens (tertiary/aromatic N) is 2.